The number of methoxy groups -OCH3 is 2. The summed E-state index contributed by atoms with van der Waals surface area (Å²) >= 11 is 0. The molecular formula is C38H47NO2PPd-3. The molecule has 0 heterocycles. The Hall–Kier alpha value is -2.63. The van der Waals surface area contributed by atoms with Crippen LogP contribution < -0.4 is 20.5 Å². The van der Waals surface area contributed by atoms with E-state index in [4.69, 9.17) is 15.2 Å². The van der Waals surface area contributed by atoms with Crippen LogP contribution in [0.2, 0.25) is 0 Å². The average Bonchev–Trinajstić information content (AvgIpc) is 3.08. The van der Waals surface area contributed by atoms with Gasteiger partial charge in [0.15, 0.2) is 0 Å². The molecule has 43 heavy (non-hydrogen) atoms. The van der Waals surface area contributed by atoms with Gasteiger partial charge in [-0.15, -0.1) is 45.1 Å². The van der Waals surface area contributed by atoms with Crippen LogP contribution in [0.3, 0.4) is 0 Å². The summed E-state index contributed by atoms with van der Waals surface area (Å²) in [7, 11) is 6.08. The van der Waals surface area contributed by atoms with Gasteiger partial charge in [0.05, 0.1) is 19.8 Å². The van der Waals surface area contributed by atoms with E-state index >= 15 is 0 Å². The molecule has 0 radical (unpaired) electrons. The molecule has 1 unspecified atom stereocenters. The van der Waals surface area contributed by atoms with Crippen molar-refractivity contribution in [1.29, 1.82) is 0 Å². The SMILES string of the molecule is COc1cccc(OC)c1-c1ccccc1P.Nc1ccccc1-c1[c-]cccc1.[CH-]1CCCCC1.[CH-]1CCCCC1.[Pd]. The predicted octanol–water partition coefficient (Wildman–Crippen LogP) is 9.91. The van der Waals surface area contributed by atoms with E-state index in [1.54, 1.807) is 14.2 Å². The van der Waals surface area contributed by atoms with Crippen molar-refractivity contribution in [3.63, 3.8) is 0 Å². The third-order valence-corrected chi connectivity index (χ3v) is 7.75. The zero-order chi connectivity index (χ0) is 29.8. The summed E-state index contributed by atoms with van der Waals surface area (Å²) in [6.45, 7) is 0. The number of hydrogen-bond donors (Lipinski definition) is 1. The van der Waals surface area contributed by atoms with Crippen molar-refractivity contribution >= 4 is 20.2 Å². The molecule has 0 amide bonds. The monoisotopic (exact) mass is 686 g/mol. The third kappa shape index (κ3) is 12.9. The van der Waals surface area contributed by atoms with Gasteiger partial charge in [0.1, 0.15) is 11.5 Å². The quantitative estimate of drug-likeness (QED) is 0.101. The number of anilines is 1. The molecule has 2 N–H and O–H groups in total. The van der Waals surface area contributed by atoms with Crippen molar-refractivity contribution in [3.05, 3.63) is 110 Å². The minimum atomic E-state index is 0. The molecule has 2 saturated carbocycles. The van der Waals surface area contributed by atoms with Gasteiger partial charge in [0.2, 0.25) is 0 Å². The topological polar surface area (TPSA) is 44.5 Å². The second-order valence-electron chi connectivity index (χ2n) is 10.3. The fourth-order valence-electron chi connectivity index (χ4n) is 4.94. The van der Waals surface area contributed by atoms with E-state index in [1.807, 2.05) is 84.9 Å². The first-order valence-electron chi connectivity index (χ1n) is 15.2. The summed E-state index contributed by atoms with van der Waals surface area (Å²) in [5, 5.41) is 1.12. The molecule has 0 bridgehead atoms. The van der Waals surface area contributed by atoms with E-state index in [1.165, 1.54) is 64.2 Å². The van der Waals surface area contributed by atoms with Gasteiger partial charge in [-0.3, -0.25) is 0 Å². The van der Waals surface area contributed by atoms with E-state index in [-0.39, 0.29) is 20.4 Å². The Labute approximate surface area is 276 Å². The molecule has 3 nitrogen and oxygen atoms in total. The van der Waals surface area contributed by atoms with Crippen LogP contribution >= 0.6 is 9.24 Å². The molecule has 4 aromatic carbocycles. The Morgan fingerprint density at radius 2 is 1.14 bits per heavy atom. The summed E-state index contributed by atoms with van der Waals surface area (Å²) < 4.78 is 10.8. The van der Waals surface area contributed by atoms with Gasteiger partial charge < -0.3 is 28.0 Å². The van der Waals surface area contributed by atoms with Gasteiger partial charge in [-0.05, 0) is 34.8 Å². The van der Waals surface area contributed by atoms with Crippen molar-refractivity contribution in [2.75, 3.05) is 20.0 Å². The standard InChI is InChI=1S/C14H15O2P.C12H10N.2C6H11.Pd/c1-15-11-7-5-8-12(16-2)14(11)10-6-3-4-9-13(10)17;13-12-9-5-4-8-11(12)10-6-2-1-3-7-10;2*1-2-4-6-5-3-1;/h3-9H,17H2,1-2H3;1-6,8-9H,13H2;2*1H,2-6H2;/q;3*-1;. The molecule has 0 aromatic heterocycles. The Morgan fingerprint density at radius 1 is 0.628 bits per heavy atom. The van der Waals surface area contributed by atoms with E-state index in [2.05, 4.69) is 34.2 Å². The van der Waals surface area contributed by atoms with Crippen molar-refractivity contribution in [2.24, 2.45) is 0 Å². The first-order valence-corrected chi connectivity index (χ1v) is 15.7. The summed E-state index contributed by atoms with van der Waals surface area (Å²) in [6, 6.07) is 32.7. The Morgan fingerprint density at radius 3 is 1.56 bits per heavy atom. The summed E-state index contributed by atoms with van der Waals surface area (Å²) in [4.78, 5) is 0. The predicted molar refractivity (Wildman–Crippen MR) is 184 cm³/mol. The van der Waals surface area contributed by atoms with Gasteiger partial charge in [0, 0.05) is 20.4 Å². The van der Waals surface area contributed by atoms with Gasteiger partial charge in [0.25, 0.3) is 0 Å². The van der Waals surface area contributed by atoms with E-state index in [0.29, 0.717) is 0 Å². The fourth-order valence-corrected chi connectivity index (χ4v) is 5.29. The molecule has 1 atom stereocenters. The van der Waals surface area contributed by atoms with Crippen LogP contribution in [-0.2, 0) is 20.4 Å². The van der Waals surface area contributed by atoms with E-state index in [9.17, 15) is 0 Å². The molecule has 2 aliphatic rings. The first-order chi connectivity index (χ1) is 20.7. The number of rotatable bonds is 4. The van der Waals surface area contributed by atoms with Crippen LogP contribution in [0.4, 0.5) is 5.69 Å². The van der Waals surface area contributed by atoms with Gasteiger partial charge in [-0.25, -0.2) is 0 Å². The molecule has 0 saturated heterocycles. The second-order valence-corrected chi connectivity index (χ2v) is 11.0. The summed E-state index contributed by atoms with van der Waals surface area (Å²) in [5.74, 6) is 1.64. The van der Waals surface area contributed by atoms with E-state index < -0.39 is 0 Å². The maximum atomic E-state index is 5.83. The largest absolute Gasteiger partial charge is 0.496 e. The molecule has 4 aromatic rings. The average molecular weight is 687 g/mol. The molecule has 2 fully saturated rings. The van der Waals surface area contributed by atoms with Crippen LogP contribution in [0.1, 0.15) is 64.2 Å². The smallest absolute Gasteiger partial charge is 0.130 e. The fraction of sp³-hybridized carbons (Fsp3) is 0.316. The minimum Gasteiger partial charge on any atom is -0.496 e. The molecule has 234 valence electrons. The van der Waals surface area contributed by atoms with Crippen LogP contribution in [0.15, 0.2) is 91.0 Å². The van der Waals surface area contributed by atoms with Gasteiger partial charge in [-0.1, -0.05) is 92.6 Å². The van der Waals surface area contributed by atoms with Gasteiger partial charge in [-0.2, -0.15) is 25.7 Å². The Balaban J connectivity index is 0.000000218. The number of benzene rings is 4. The van der Waals surface area contributed by atoms with Gasteiger partial charge >= 0.3 is 0 Å². The van der Waals surface area contributed by atoms with Crippen LogP contribution in [0.5, 0.6) is 11.5 Å². The Kier molecular flexibility index (Phi) is 18.7. The molecule has 0 spiro atoms. The molecular weight excluding hydrogens is 640 g/mol. The Bertz CT molecular complexity index is 1230. The second kappa shape index (κ2) is 22.0. The zero-order valence-electron chi connectivity index (χ0n) is 25.7. The third-order valence-electron chi connectivity index (χ3n) is 7.25. The van der Waals surface area contributed by atoms with Crippen LogP contribution in [0, 0.1) is 18.9 Å². The summed E-state index contributed by atoms with van der Waals surface area (Å²) in [5.41, 5.74) is 10.8. The molecule has 5 heteroatoms. The van der Waals surface area contributed by atoms with Crippen molar-refractivity contribution in [1.82, 2.24) is 0 Å². The maximum Gasteiger partial charge on any atom is 0.130 e. The van der Waals surface area contributed by atoms with Crippen molar-refractivity contribution < 1.29 is 29.9 Å². The van der Waals surface area contributed by atoms with E-state index in [0.717, 1.165) is 44.7 Å². The number of nitrogen functional groups attached to an aromatic ring is 1. The number of nitrogens with two attached hydrogens (primary N) is 1. The summed E-state index contributed by atoms with van der Waals surface area (Å²) in [6.07, 6.45) is 19.0. The number of hydrogen-bond acceptors (Lipinski definition) is 3. The van der Waals surface area contributed by atoms with Crippen LogP contribution in [0.25, 0.3) is 22.3 Å². The number of para-hydroxylation sites is 1. The number of ether oxygens (including phenoxy) is 2. The minimum absolute atomic E-state index is 0. The normalized spacial score (nSPS) is 13.7. The van der Waals surface area contributed by atoms with Crippen molar-refractivity contribution in [3.8, 4) is 33.8 Å². The van der Waals surface area contributed by atoms with Crippen LogP contribution in [-0.4, -0.2) is 14.2 Å². The zero-order valence-corrected chi connectivity index (χ0v) is 28.4. The maximum absolute atomic E-state index is 5.83. The molecule has 6 rings (SSSR count). The van der Waals surface area contributed by atoms with Crippen molar-refractivity contribution in [2.45, 2.75) is 64.2 Å². The molecule has 2 aliphatic carbocycles. The first kappa shape index (κ1) is 36.6. The molecule has 0 aliphatic heterocycles.